The number of nitrogens with zero attached hydrogens (tertiary/aromatic N) is 1. The van der Waals surface area contributed by atoms with Crippen molar-refractivity contribution in [3.63, 3.8) is 0 Å². The summed E-state index contributed by atoms with van der Waals surface area (Å²) in [7, 11) is 3.48. The lowest BCUT2D eigenvalue weighted by Gasteiger charge is -2.19. The second-order valence-electron chi connectivity index (χ2n) is 7.04. The molecule has 0 unspecified atom stereocenters. The number of methoxy groups -OCH3 is 1. The lowest BCUT2D eigenvalue weighted by atomic mass is 10.1. The van der Waals surface area contributed by atoms with Gasteiger partial charge in [-0.25, -0.2) is 0 Å². The van der Waals surface area contributed by atoms with E-state index in [1.807, 2.05) is 60.5 Å². The summed E-state index contributed by atoms with van der Waals surface area (Å²) in [6.45, 7) is 0.691. The number of hydrogen-bond donors (Lipinski definition) is 2. The van der Waals surface area contributed by atoms with E-state index < -0.39 is 0 Å². The molecule has 160 valence electrons. The van der Waals surface area contributed by atoms with Crippen molar-refractivity contribution >= 4 is 39.1 Å². The van der Waals surface area contributed by atoms with Gasteiger partial charge in [0.15, 0.2) is 0 Å². The van der Waals surface area contributed by atoms with Crippen LogP contribution in [0.4, 0.5) is 11.4 Å². The van der Waals surface area contributed by atoms with Gasteiger partial charge in [0.25, 0.3) is 5.91 Å². The Hall–Kier alpha value is -3.16. The van der Waals surface area contributed by atoms with Gasteiger partial charge in [0.05, 0.1) is 24.9 Å². The standard InChI is InChI=1S/C24H24BrN3O3/c1-28(15-17-14-18(25)12-13-22(17)31-2)16-23(29)27-21-11-7-6-10-20(21)24(30)26-19-8-4-3-5-9-19/h3-14H,15-16H2,1-2H3,(H,26,30)(H,27,29). The van der Waals surface area contributed by atoms with Crippen LogP contribution in [0.3, 0.4) is 0 Å². The zero-order valence-corrected chi connectivity index (χ0v) is 19.0. The van der Waals surface area contributed by atoms with Crippen molar-refractivity contribution in [3.05, 3.63) is 88.4 Å². The average Bonchev–Trinajstić information content (AvgIpc) is 2.74. The summed E-state index contributed by atoms with van der Waals surface area (Å²) < 4.78 is 6.34. The minimum Gasteiger partial charge on any atom is -0.496 e. The molecule has 0 spiro atoms. The third kappa shape index (κ3) is 6.41. The molecule has 0 heterocycles. The van der Waals surface area contributed by atoms with Crippen molar-refractivity contribution in [2.24, 2.45) is 0 Å². The zero-order valence-electron chi connectivity index (χ0n) is 17.4. The van der Waals surface area contributed by atoms with Gasteiger partial charge < -0.3 is 15.4 Å². The smallest absolute Gasteiger partial charge is 0.257 e. The molecule has 7 heteroatoms. The fraction of sp³-hybridized carbons (Fsp3) is 0.167. The van der Waals surface area contributed by atoms with Crippen LogP contribution in [0.1, 0.15) is 15.9 Å². The van der Waals surface area contributed by atoms with Crippen molar-refractivity contribution in [2.75, 3.05) is 31.3 Å². The first-order valence-corrected chi connectivity index (χ1v) is 10.5. The number of anilines is 2. The third-order valence-electron chi connectivity index (χ3n) is 4.57. The predicted octanol–water partition coefficient (Wildman–Crippen LogP) is 4.78. The second kappa shape index (κ2) is 10.7. The highest BCUT2D eigenvalue weighted by Crippen LogP contribution is 2.24. The average molecular weight is 482 g/mol. The topological polar surface area (TPSA) is 70.7 Å². The Labute approximate surface area is 190 Å². The summed E-state index contributed by atoms with van der Waals surface area (Å²) in [5, 5.41) is 5.70. The Morgan fingerprint density at radius 1 is 0.968 bits per heavy atom. The van der Waals surface area contributed by atoms with Crippen molar-refractivity contribution in [2.45, 2.75) is 6.54 Å². The number of nitrogens with one attached hydrogen (secondary N) is 2. The number of carbonyl (C=O) groups excluding carboxylic acids is 2. The molecular weight excluding hydrogens is 458 g/mol. The van der Waals surface area contributed by atoms with Gasteiger partial charge in [-0.15, -0.1) is 0 Å². The molecule has 0 aliphatic rings. The summed E-state index contributed by atoms with van der Waals surface area (Å²) >= 11 is 3.46. The van der Waals surface area contributed by atoms with Gasteiger partial charge in [0.2, 0.25) is 5.91 Å². The normalized spacial score (nSPS) is 10.6. The van der Waals surface area contributed by atoms with Crippen LogP contribution in [0.15, 0.2) is 77.3 Å². The molecule has 3 rings (SSSR count). The summed E-state index contributed by atoms with van der Waals surface area (Å²) in [5.41, 5.74) is 2.52. The lowest BCUT2D eigenvalue weighted by Crippen LogP contribution is -2.30. The van der Waals surface area contributed by atoms with Gasteiger partial charge in [0.1, 0.15) is 5.75 Å². The van der Waals surface area contributed by atoms with Crippen molar-refractivity contribution in [1.82, 2.24) is 4.90 Å². The van der Waals surface area contributed by atoms with Crippen LogP contribution >= 0.6 is 15.9 Å². The van der Waals surface area contributed by atoms with Crippen LogP contribution < -0.4 is 15.4 Å². The second-order valence-corrected chi connectivity index (χ2v) is 7.96. The Morgan fingerprint density at radius 2 is 1.68 bits per heavy atom. The monoisotopic (exact) mass is 481 g/mol. The molecule has 6 nitrogen and oxygen atoms in total. The number of para-hydroxylation sites is 2. The van der Waals surface area contributed by atoms with Gasteiger partial charge >= 0.3 is 0 Å². The SMILES string of the molecule is COc1ccc(Br)cc1CN(C)CC(=O)Nc1ccccc1C(=O)Nc1ccccc1. The molecule has 3 aromatic rings. The summed E-state index contributed by atoms with van der Waals surface area (Å²) in [6, 6.07) is 21.9. The van der Waals surface area contributed by atoms with Gasteiger partial charge in [-0.3, -0.25) is 14.5 Å². The molecule has 0 aromatic heterocycles. The van der Waals surface area contributed by atoms with Crippen molar-refractivity contribution in [3.8, 4) is 5.75 Å². The largest absolute Gasteiger partial charge is 0.496 e. The van der Waals surface area contributed by atoms with Crippen molar-refractivity contribution in [1.29, 1.82) is 0 Å². The van der Waals surface area contributed by atoms with Crippen LogP contribution in [0.25, 0.3) is 0 Å². The Balaban J connectivity index is 1.64. The molecule has 0 aliphatic carbocycles. The molecule has 3 aromatic carbocycles. The third-order valence-corrected chi connectivity index (χ3v) is 5.07. The van der Waals surface area contributed by atoms with Crippen LogP contribution in [-0.4, -0.2) is 37.4 Å². The highest BCUT2D eigenvalue weighted by molar-refractivity contribution is 9.10. The molecule has 0 aliphatic heterocycles. The Morgan fingerprint density at radius 3 is 2.42 bits per heavy atom. The summed E-state index contributed by atoms with van der Waals surface area (Å²) in [4.78, 5) is 27.2. The maximum Gasteiger partial charge on any atom is 0.257 e. The van der Waals surface area contributed by atoms with Gasteiger partial charge in [-0.05, 0) is 49.5 Å². The summed E-state index contributed by atoms with van der Waals surface area (Å²) in [5.74, 6) is 0.268. The highest BCUT2D eigenvalue weighted by atomic mass is 79.9. The number of halogens is 1. The molecular formula is C24H24BrN3O3. The number of amides is 2. The number of ether oxygens (including phenoxy) is 1. The molecule has 0 radical (unpaired) electrons. The van der Waals surface area contributed by atoms with E-state index in [0.717, 1.165) is 15.8 Å². The molecule has 31 heavy (non-hydrogen) atoms. The maximum absolute atomic E-state index is 12.7. The fourth-order valence-electron chi connectivity index (χ4n) is 3.16. The molecule has 0 saturated carbocycles. The molecule has 2 N–H and O–H groups in total. The van der Waals surface area contributed by atoms with Crippen LogP contribution in [-0.2, 0) is 11.3 Å². The maximum atomic E-state index is 12.7. The van der Waals surface area contributed by atoms with E-state index in [1.165, 1.54) is 0 Å². The van der Waals surface area contributed by atoms with E-state index in [1.54, 1.807) is 31.4 Å². The van der Waals surface area contributed by atoms with E-state index in [2.05, 4.69) is 26.6 Å². The van der Waals surface area contributed by atoms with Crippen molar-refractivity contribution < 1.29 is 14.3 Å². The number of hydrogen-bond acceptors (Lipinski definition) is 4. The first-order chi connectivity index (χ1) is 15.0. The fourth-order valence-corrected chi connectivity index (χ4v) is 3.57. The quantitative estimate of drug-likeness (QED) is 0.485. The Kier molecular flexibility index (Phi) is 7.81. The van der Waals surface area contributed by atoms with E-state index >= 15 is 0 Å². The summed E-state index contributed by atoms with van der Waals surface area (Å²) in [6.07, 6.45) is 0. The first-order valence-electron chi connectivity index (χ1n) is 9.72. The van der Waals surface area contributed by atoms with Gasteiger partial charge in [-0.2, -0.15) is 0 Å². The van der Waals surface area contributed by atoms with E-state index in [4.69, 9.17) is 4.74 Å². The van der Waals surface area contributed by atoms with Gasteiger partial charge in [-0.1, -0.05) is 46.3 Å². The number of rotatable bonds is 8. The van der Waals surface area contributed by atoms with E-state index in [9.17, 15) is 9.59 Å². The minimum absolute atomic E-state index is 0.157. The predicted molar refractivity (Wildman–Crippen MR) is 126 cm³/mol. The minimum atomic E-state index is -0.283. The molecule has 0 atom stereocenters. The molecule has 0 bridgehead atoms. The van der Waals surface area contributed by atoms with Crippen LogP contribution in [0.5, 0.6) is 5.75 Å². The van der Waals surface area contributed by atoms with E-state index in [-0.39, 0.29) is 18.4 Å². The lowest BCUT2D eigenvalue weighted by molar-refractivity contribution is -0.117. The van der Waals surface area contributed by atoms with Crippen LogP contribution in [0, 0.1) is 0 Å². The number of likely N-dealkylation sites (N-methyl/N-ethyl adjacent to an activating group) is 1. The first kappa shape index (κ1) is 22.5. The van der Waals surface area contributed by atoms with Crippen LogP contribution in [0.2, 0.25) is 0 Å². The number of carbonyl (C=O) groups is 2. The molecule has 0 fully saturated rings. The number of benzene rings is 3. The zero-order chi connectivity index (χ0) is 22.2. The molecule has 0 saturated heterocycles. The van der Waals surface area contributed by atoms with E-state index in [0.29, 0.717) is 23.5 Å². The molecule has 2 amide bonds. The Bertz CT molecular complexity index is 1060. The highest BCUT2D eigenvalue weighted by Gasteiger charge is 2.15. The van der Waals surface area contributed by atoms with Gasteiger partial charge in [0, 0.05) is 22.3 Å².